The van der Waals surface area contributed by atoms with E-state index in [4.69, 9.17) is 0 Å². The number of hydrogen-bond acceptors (Lipinski definition) is 1. The molecular weight excluding hydrogens is 148 g/mol. The number of aliphatic hydroxyl groups excluding tert-OH is 1. The molecule has 0 aromatic rings. The SMILES string of the molecule is CC(C)=C1CC(O)CC1=C(C)C. The van der Waals surface area contributed by atoms with Crippen molar-refractivity contribution in [2.75, 3.05) is 0 Å². The Morgan fingerprint density at radius 1 is 1.00 bits per heavy atom. The number of rotatable bonds is 0. The van der Waals surface area contributed by atoms with Gasteiger partial charge in [0, 0.05) is 0 Å². The molecule has 0 aromatic carbocycles. The van der Waals surface area contributed by atoms with E-state index in [0.29, 0.717) is 0 Å². The molecule has 1 heteroatoms. The monoisotopic (exact) mass is 166 g/mol. The molecule has 1 N–H and O–H groups in total. The fourth-order valence-electron chi connectivity index (χ4n) is 1.80. The van der Waals surface area contributed by atoms with Crippen LogP contribution in [-0.4, -0.2) is 11.2 Å². The molecule has 0 spiro atoms. The summed E-state index contributed by atoms with van der Waals surface area (Å²) in [5.74, 6) is 0. The summed E-state index contributed by atoms with van der Waals surface area (Å²) in [5, 5.41) is 9.50. The second-order valence-electron chi connectivity index (χ2n) is 4.02. The van der Waals surface area contributed by atoms with Crippen LogP contribution in [0.1, 0.15) is 40.5 Å². The Morgan fingerprint density at radius 2 is 1.33 bits per heavy atom. The molecule has 0 aliphatic heterocycles. The molecule has 0 unspecified atom stereocenters. The molecule has 0 amide bonds. The molecule has 0 atom stereocenters. The first-order valence-electron chi connectivity index (χ1n) is 4.53. The zero-order chi connectivity index (χ0) is 9.30. The first-order chi connectivity index (χ1) is 5.52. The normalized spacial score (nSPS) is 18.8. The van der Waals surface area contributed by atoms with Gasteiger partial charge in [0.25, 0.3) is 0 Å². The summed E-state index contributed by atoms with van der Waals surface area (Å²) < 4.78 is 0. The summed E-state index contributed by atoms with van der Waals surface area (Å²) in [7, 11) is 0. The zero-order valence-electron chi connectivity index (χ0n) is 8.44. The van der Waals surface area contributed by atoms with Crippen LogP contribution in [0, 0.1) is 0 Å². The van der Waals surface area contributed by atoms with Crippen LogP contribution < -0.4 is 0 Å². The van der Waals surface area contributed by atoms with Gasteiger partial charge in [0.15, 0.2) is 0 Å². The molecule has 1 aliphatic carbocycles. The molecule has 0 aromatic heterocycles. The third-order valence-electron chi connectivity index (χ3n) is 2.45. The molecule has 0 saturated heterocycles. The van der Waals surface area contributed by atoms with Gasteiger partial charge in [-0.2, -0.15) is 0 Å². The highest BCUT2D eigenvalue weighted by atomic mass is 16.3. The van der Waals surface area contributed by atoms with Crippen LogP contribution in [0.15, 0.2) is 22.3 Å². The minimum absolute atomic E-state index is 0.139. The van der Waals surface area contributed by atoms with Gasteiger partial charge in [-0.25, -0.2) is 0 Å². The highest BCUT2D eigenvalue weighted by Crippen LogP contribution is 2.34. The molecule has 0 bridgehead atoms. The van der Waals surface area contributed by atoms with Gasteiger partial charge in [0.1, 0.15) is 0 Å². The van der Waals surface area contributed by atoms with E-state index < -0.39 is 0 Å². The van der Waals surface area contributed by atoms with Crippen LogP contribution in [0.2, 0.25) is 0 Å². The Balaban J connectivity index is 3.05. The molecule has 0 heterocycles. The standard InChI is InChI=1S/C11H18O/c1-7(2)10-5-9(12)6-11(10)8(3)4/h9,12H,5-6H2,1-4H3. The van der Waals surface area contributed by atoms with Crippen molar-refractivity contribution < 1.29 is 5.11 Å². The molecule has 1 nitrogen and oxygen atoms in total. The predicted octanol–water partition coefficient (Wildman–Crippen LogP) is 2.81. The largest absolute Gasteiger partial charge is 0.392 e. The Labute approximate surface area is 74.8 Å². The van der Waals surface area contributed by atoms with Crippen LogP contribution in [-0.2, 0) is 0 Å². The van der Waals surface area contributed by atoms with Crippen molar-refractivity contribution in [3.63, 3.8) is 0 Å². The van der Waals surface area contributed by atoms with E-state index in [-0.39, 0.29) is 6.10 Å². The smallest absolute Gasteiger partial charge is 0.0621 e. The quantitative estimate of drug-likeness (QED) is 0.586. The Morgan fingerprint density at radius 3 is 1.58 bits per heavy atom. The van der Waals surface area contributed by atoms with E-state index >= 15 is 0 Å². The molecule has 1 fully saturated rings. The van der Waals surface area contributed by atoms with E-state index in [1.54, 1.807) is 0 Å². The Kier molecular flexibility index (Phi) is 2.73. The first-order valence-corrected chi connectivity index (χ1v) is 4.53. The fraction of sp³-hybridized carbons (Fsp3) is 0.636. The van der Waals surface area contributed by atoms with Crippen LogP contribution in [0.25, 0.3) is 0 Å². The maximum atomic E-state index is 9.50. The summed E-state index contributed by atoms with van der Waals surface area (Å²) in [6, 6.07) is 0. The van der Waals surface area contributed by atoms with Crippen molar-refractivity contribution in [3.8, 4) is 0 Å². The zero-order valence-corrected chi connectivity index (χ0v) is 8.44. The van der Waals surface area contributed by atoms with E-state index in [1.165, 1.54) is 22.3 Å². The first kappa shape index (κ1) is 9.53. The van der Waals surface area contributed by atoms with Crippen molar-refractivity contribution in [1.82, 2.24) is 0 Å². The third kappa shape index (κ3) is 1.78. The minimum atomic E-state index is -0.139. The maximum absolute atomic E-state index is 9.50. The van der Waals surface area contributed by atoms with Gasteiger partial charge < -0.3 is 5.11 Å². The van der Waals surface area contributed by atoms with E-state index in [2.05, 4.69) is 27.7 Å². The summed E-state index contributed by atoms with van der Waals surface area (Å²) in [6.07, 6.45) is 1.56. The Hall–Kier alpha value is -0.560. The lowest BCUT2D eigenvalue weighted by Crippen LogP contribution is -1.96. The van der Waals surface area contributed by atoms with Crippen molar-refractivity contribution in [2.24, 2.45) is 0 Å². The van der Waals surface area contributed by atoms with Gasteiger partial charge in [-0.3, -0.25) is 0 Å². The van der Waals surface area contributed by atoms with Gasteiger partial charge in [0.05, 0.1) is 6.10 Å². The van der Waals surface area contributed by atoms with E-state index in [0.717, 1.165) is 12.8 Å². The second-order valence-corrected chi connectivity index (χ2v) is 4.02. The van der Waals surface area contributed by atoms with Crippen molar-refractivity contribution in [3.05, 3.63) is 22.3 Å². The minimum Gasteiger partial charge on any atom is -0.392 e. The lowest BCUT2D eigenvalue weighted by Gasteiger charge is -2.04. The molecule has 12 heavy (non-hydrogen) atoms. The summed E-state index contributed by atoms with van der Waals surface area (Å²) in [6.45, 7) is 8.49. The van der Waals surface area contributed by atoms with E-state index in [9.17, 15) is 5.11 Å². The Bertz CT molecular complexity index is 212. The molecule has 1 aliphatic rings. The third-order valence-corrected chi connectivity index (χ3v) is 2.45. The average molecular weight is 166 g/mol. The average Bonchev–Trinajstić information content (AvgIpc) is 2.31. The lowest BCUT2D eigenvalue weighted by molar-refractivity contribution is 0.190. The van der Waals surface area contributed by atoms with Crippen molar-refractivity contribution in [2.45, 2.75) is 46.6 Å². The van der Waals surface area contributed by atoms with Gasteiger partial charge in [-0.15, -0.1) is 0 Å². The predicted molar refractivity (Wildman–Crippen MR) is 52.0 cm³/mol. The maximum Gasteiger partial charge on any atom is 0.0621 e. The van der Waals surface area contributed by atoms with Crippen LogP contribution in [0.5, 0.6) is 0 Å². The second kappa shape index (κ2) is 3.44. The molecule has 68 valence electrons. The van der Waals surface area contributed by atoms with Crippen LogP contribution in [0.4, 0.5) is 0 Å². The lowest BCUT2D eigenvalue weighted by atomic mass is 10.0. The highest BCUT2D eigenvalue weighted by Gasteiger charge is 2.23. The number of hydrogen-bond donors (Lipinski definition) is 1. The van der Waals surface area contributed by atoms with Gasteiger partial charge >= 0.3 is 0 Å². The summed E-state index contributed by atoms with van der Waals surface area (Å²) in [5.41, 5.74) is 5.45. The summed E-state index contributed by atoms with van der Waals surface area (Å²) in [4.78, 5) is 0. The molecule has 1 rings (SSSR count). The molecule has 1 saturated carbocycles. The molecular formula is C11H18O. The van der Waals surface area contributed by atoms with E-state index in [1.807, 2.05) is 0 Å². The summed E-state index contributed by atoms with van der Waals surface area (Å²) >= 11 is 0. The van der Waals surface area contributed by atoms with Gasteiger partial charge in [-0.1, -0.05) is 11.1 Å². The van der Waals surface area contributed by atoms with Crippen molar-refractivity contribution in [1.29, 1.82) is 0 Å². The fourth-order valence-corrected chi connectivity index (χ4v) is 1.80. The van der Waals surface area contributed by atoms with Crippen molar-refractivity contribution >= 4 is 0 Å². The highest BCUT2D eigenvalue weighted by molar-refractivity contribution is 5.41. The number of aliphatic hydroxyl groups is 1. The van der Waals surface area contributed by atoms with Gasteiger partial charge in [-0.05, 0) is 51.7 Å². The molecule has 0 radical (unpaired) electrons. The number of allylic oxidation sites excluding steroid dienone is 2. The topological polar surface area (TPSA) is 20.2 Å². The van der Waals surface area contributed by atoms with Gasteiger partial charge in [0.2, 0.25) is 0 Å². The van der Waals surface area contributed by atoms with Crippen LogP contribution in [0.3, 0.4) is 0 Å². The van der Waals surface area contributed by atoms with Crippen LogP contribution >= 0.6 is 0 Å².